The minimum atomic E-state index is -0.440. The maximum Gasteiger partial charge on any atom is 0.326 e. The van der Waals surface area contributed by atoms with Gasteiger partial charge in [0.15, 0.2) is 0 Å². The van der Waals surface area contributed by atoms with Gasteiger partial charge in [-0.2, -0.15) is 10.1 Å². The molecule has 1 aromatic carbocycles. The first-order valence-corrected chi connectivity index (χ1v) is 4.81. The van der Waals surface area contributed by atoms with Crippen molar-refractivity contribution in [3.05, 3.63) is 35.6 Å². The lowest BCUT2D eigenvalue weighted by atomic mass is 10.3. The molecule has 6 nitrogen and oxygen atoms in total. The van der Waals surface area contributed by atoms with E-state index in [-0.39, 0.29) is 5.95 Å². The Bertz CT molecular complexity index is 484. The lowest BCUT2D eigenvalue weighted by molar-refractivity contribution is 0.262. The van der Waals surface area contributed by atoms with Crippen LogP contribution in [-0.2, 0) is 0 Å². The first-order valence-electron chi connectivity index (χ1n) is 4.43. The molecule has 1 heterocycles. The molecule has 82 valence electrons. The van der Waals surface area contributed by atoms with E-state index in [2.05, 4.69) is 25.8 Å². The molecule has 0 saturated heterocycles. The zero-order valence-corrected chi connectivity index (χ0v) is 8.82. The zero-order valence-electron chi connectivity index (χ0n) is 8.07. The molecular weight excluding hydrogens is 230 g/mol. The van der Waals surface area contributed by atoms with Crippen LogP contribution < -0.4 is 10.6 Å². The molecular formula is C9H8ClN5O. The monoisotopic (exact) mass is 237 g/mol. The van der Waals surface area contributed by atoms with Crippen LogP contribution in [0.15, 0.2) is 30.6 Å². The average Bonchev–Trinajstić information content (AvgIpc) is 2.74. The molecule has 0 unspecified atom stereocenters. The van der Waals surface area contributed by atoms with Gasteiger partial charge in [-0.1, -0.05) is 23.7 Å². The predicted molar refractivity (Wildman–Crippen MR) is 60.5 cm³/mol. The number of halogens is 1. The lowest BCUT2D eigenvalue weighted by Crippen LogP contribution is -2.20. The van der Waals surface area contributed by atoms with E-state index in [9.17, 15) is 4.79 Å². The second-order valence-corrected chi connectivity index (χ2v) is 3.30. The van der Waals surface area contributed by atoms with Crippen LogP contribution in [-0.4, -0.2) is 21.2 Å². The van der Waals surface area contributed by atoms with E-state index in [0.29, 0.717) is 10.7 Å². The smallest absolute Gasteiger partial charge is 0.306 e. The van der Waals surface area contributed by atoms with Gasteiger partial charge in [-0.05, 0) is 12.1 Å². The molecule has 0 radical (unpaired) electrons. The van der Waals surface area contributed by atoms with Gasteiger partial charge >= 0.3 is 6.03 Å². The third kappa shape index (κ3) is 2.48. The Morgan fingerprint density at radius 3 is 2.81 bits per heavy atom. The van der Waals surface area contributed by atoms with Gasteiger partial charge in [0.1, 0.15) is 6.33 Å². The first kappa shape index (κ1) is 10.4. The third-order valence-corrected chi connectivity index (χ3v) is 2.10. The number of urea groups is 1. The molecule has 1 aromatic heterocycles. The van der Waals surface area contributed by atoms with Crippen molar-refractivity contribution in [2.24, 2.45) is 0 Å². The minimum absolute atomic E-state index is 0.268. The molecule has 0 fully saturated rings. The molecule has 3 N–H and O–H groups in total. The molecule has 16 heavy (non-hydrogen) atoms. The van der Waals surface area contributed by atoms with Gasteiger partial charge in [0.05, 0.1) is 10.7 Å². The number of amides is 2. The Labute approximate surface area is 96.0 Å². The van der Waals surface area contributed by atoms with Gasteiger partial charge in [0.25, 0.3) is 0 Å². The summed E-state index contributed by atoms with van der Waals surface area (Å²) in [5, 5.41) is 11.6. The molecule has 0 bridgehead atoms. The van der Waals surface area contributed by atoms with Gasteiger partial charge in [0, 0.05) is 0 Å². The number of aromatic amines is 1. The van der Waals surface area contributed by atoms with Crippen molar-refractivity contribution >= 4 is 29.3 Å². The molecule has 0 aliphatic carbocycles. The van der Waals surface area contributed by atoms with Crippen molar-refractivity contribution < 1.29 is 4.79 Å². The second kappa shape index (κ2) is 4.63. The second-order valence-electron chi connectivity index (χ2n) is 2.89. The van der Waals surface area contributed by atoms with E-state index in [1.54, 1.807) is 24.3 Å². The Morgan fingerprint density at radius 2 is 2.12 bits per heavy atom. The first-order chi connectivity index (χ1) is 7.75. The van der Waals surface area contributed by atoms with Crippen molar-refractivity contribution in [3.63, 3.8) is 0 Å². The summed E-state index contributed by atoms with van der Waals surface area (Å²) in [5.41, 5.74) is 0.529. The summed E-state index contributed by atoms with van der Waals surface area (Å²) < 4.78 is 0. The normalized spacial score (nSPS) is 9.81. The summed E-state index contributed by atoms with van der Waals surface area (Å²) in [5.74, 6) is 0.268. The number of anilines is 2. The van der Waals surface area contributed by atoms with Crippen LogP contribution in [0.2, 0.25) is 5.02 Å². The van der Waals surface area contributed by atoms with Gasteiger partial charge < -0.3 is 5.32 Å². The fraction of sp³-hybridized carbons (Fsp3) is 0. The van der Waals surface area contributed by atoms with Crippen LogP contribution in [0.1, 0.15) is 0 Å². The van der Waals surface area contributed by atoms with Crippen molar-refractivity contribution in [1.82, 2.24) is 15.2 Å². The Balaban J connectivity index is 2.00. The van der Waals surface area contributed by atoms with Gasteiger partial charge in [-0.25, -0.2) is 9.89 Å². The van der Waals surface area contributed by atoms with Gasteiger partial charge in [-0.15, -0.1) is 0 Å². The standard InChI is InChI=1S/C9H8ClN5O/c10-6-3-1-2-4-7(6)13-9(16)14-8-11-5-12-15-8/h1-5H,(H3,11,12,13,14,15,16). The third-order valence-electron chi connectivity index (χ3n) is 1.77. The highest BCUT2D eigenvalue weighted by Gasteiger charge is 2.06. The number of para-hydroxylation sites is 1. The van der Waals surface area contributed by atoms with E-state index >= 15 is 0 Å². The number of hydrogen-bond donors (Lipinski definition) is 3. The lowest BCUT2D eigenvalue weighted by Gasteiger charge is -2.06. The molecule has 2 amide bonds. The summed E-state index contributed by atoms with van der Waals surface area (Å²) in [6, 6.07) is 6.50. The predicted octanol–water partition coefficient (Wildman–Crippen LogP) is 2.10. The Hall–Kier alpha value is -2.08. The van der Waals surface area contributed by atoms with Crippen LogP contribution in [0.5, 0.6) is 0 Å². The highest BCUT2D eigenvalue weighted by molar-refractivity contribution is 6.33. The van der Waals surface area contributed by atoms with Crippen molar-refractivity contribution in [3.8, 4) is 0 Å². The molecule has 0 spiro atoms. The van der Waals surface area contributed by atoms with Crippen molar-refractivity contribution in [1.29, 1.82) is 0 Å². The van der Waals surface area contributed by atoms with E-state index in [0.717, 1.165) is 0 Å². The van der Waals surface area contributed by atoms with Crippen molar-refractivity contribution in [2.75, 3.05) is 10.6 Å². The van der Waals surface area contributed by atoms with Crippen LogP contribution in [0.4, 0.5) is 16.4 Å². The number of aromatic nitrogens is 3. The number of nitrogens with one attached hydrogen (secondary N) is 3. The minimum Gasteiger partial charge on any atom is -0.306 e. The van der Waals surface area contributed by atoms with E-state index in [4.69, 9.17) is 11.6 Å². The number of carbonyl (C=O) groups is 1. The number of H-pyrrole nitrogens is 1. The molecule has 7 heteroatoms. The average molecular weight is 238 g/mol. The summed E-state index contributed by atoms with van der Waals surface area (Å²) >= 11 is 5.87. The topological polar surface area (TPSA) is 82.7 Å². The molecule has 2 rings (SSSR count). The Morgan fingerprint density at radius 1 is 1.31 bits per heavy atom. The number of nitrogens with zero attached hydrogens (tertiary/aromatic N) is 2. The summed E-state index contributed by atoms with van der Waals surface area (Å²) in [4.78, 5) is 15.2. The number of carbonyl (C=O) groups excluding carboxylic acids is 1. The summed E-state index contributed by atoms with van der Waals surface area (Å²) in [6.07, 6.45) is 1.30. The molecule has 0 aliphatic rings. The molecule has 0 saturated carbocycles. The Kier molecular flexibility index (Phi) is 3.02. The van der Waals surface area contributed by atoms with E-state index in [1.807, 2.05) is 0 Å². The van der Waals surface area contributed by atoms with E-state index in [1.165, 1.54) is 6.33 Å². The summed E-state index contributed by atoms with van der Waals surface area (Å²) in [7, 11) is 0. The van der Waals surface area contributed by atoms with Gasteiger partial charge in [0.2, 0.25) is 5.95 Å². The van der Waals surface area contributed by atoms with Crippen LogP contribution >= 0.6 is 11.6 Å². The van der Waals surface area contributed by atoms with Gasteiger partial charge in [-0.3, -0.25) is 5.32 Å². The molecule has 0 aliphatic heterocycles. The maximum absolute atomic E-state index is 11.5. The molecule has 0 atom stereocenters. The van der Waals surface area contributed by atoms with Crippen molar-refractivity contribution in [2.45, 2.75) is 0 Å². The quantitative estimate of drug-likeness (QED) is 0.748. The fourth-order valence-corrected chi connectivity index (χ4v) is 1.27. The number of rotatable bonds is 2. The summed E-state index contributed by atoms with van der Waals surface area (Å²) in [6.45, 7) is 0. The highest BCUT2D eigenvalue weighted by atomic mass is 35.5. The number of hydrogen-bond acceptors (Lipinski definition) is 3. The van der Waals surface area contributed by atoms with Crippen LogP contribution in [0.3, 0.4) is 0 Å². The zero-order chi connectivity index (χ0) is 11.4. The highest BCUT2D eigenvalue weighted by Crippen LogP contribution is 2.20. The van der Waals surface area contributed by atoms with Crippen LogP contribution in [0.25, 0.3) is 0 Å². The molecule has 2 aromatic rings. The SMILES string of the molecule is O=C(Nc1ncn[nH]1)Nc1ccccc1Cl. The number of benzene rings is 1. The largest absolute Gasteiger partial charge is 0.326 e. The fourth-order valence-electron chi connectivity index (χ4n) is 1.09. The van der Waals surface area contributed by atoms with Crippen LogP contribution in [0, 0.1) is 0 Å². The van der Waals surface area contributed by atoms with E-state index < -0.39 is 6.03 Å². The maximum atomic E-state index is 11.5.